The Morgan fingerprint density at radius 1 is 1.14 bits per heavy atom. The third kappa shape index (κ3) is 3.84. The highest BCUT2D eigenvalue weighted by molar-refractivity contribution is 5.65. The highest BCUT2D eigenvalue weighted by atomic mass is 19.1. The van der Waals surface area contributed by atoms with Crippen molar-refractivity contribution in [2.75, 3.05) is 19.2 Å². The summed E-state index contributed by atoms with van der Waals surface area (Å²) in [5.74, 6) is -0.00228. The molecule has 0 saturated heterocycles. The lowest BCUT2D eigenvalue weighted by molar-refractivity contribution is 0.174. The number of methoxy groups -OCH3 is 1. The van der Waals surface area contributed by atoms with Crippen molar-refractivity contribution in [3.63, 3.8) is 0 Å². The van der Waals surface area contributed by atoms with E-state index in [9.17, 15) is 13.6 Å². The molecule has 1 N–H and O–H groups in total. The number of benzene rings is 2. The summed E-state index contributed by atoms with van der Waals surface area (Å²) < 4.78 is 44.5. The number of nitrogens with zero attached hydrogens (tertiary/aromatic N) is 2. The van der Waals surface area contributed by atoms with Crippen molar-refractivity contribution in [1.29, 1.82) is 0 Å². The van der Waals surface area contributed by atoms with Crippen LogP contribution < -0.4 is 25.1 Å². The van der Waals surface area contributed by atoms with E-state index in [1.165, 1.54) is 25.4 Å². The van der Waals surface area contributed by atoms with Crippen LogP contribution in [0.4, 0.5) is 20.4 Å². The Morgan fingerprint density at radius 2 is 1.83 bits per heavy atom. The summed E-state index contributed by atoms with van der Waals surface area (Å²) in [4.78, 5) is 16.2. The summed E-state index contributed by atoms with van der Waals surface area (Å²) in [6.45, 7) is 2.05. The Labute approximate surface area is 164 Å². The number of hydrogen-bond donors (Lipinski definition) is 1. The van der Waals surface area contributed by atoms with E-state index >= 15 is 0 Å². The summed E-state index contributed by atoms with van der Waals surface area (Å²) in [7, 11) is 1.35. The lowest BCUT2D eigenvalue weighted by Gasteiger charge is -2.17. The largest absolute Gasteiger partial charge is 0.490 e. The number of aryl methyl sites for hydroxylation is 1. The predicted molar refractivity (Wildman–Crippen MR) is 101 cm³/mol. The first-order valence-electron chi connectivity index (χ1n) is 8.70. The number of hydrogen-bond acceptors (Lipinski definition) is 6. The molecular weight excluding hydrogens is 384 g/mol. The Bertz CT molecular complexity index is 1130. The van der Waals surface area contributed by atoms with Crippen molar-refractivity contribution in [3.05, 3.63) is 69.6 Å². The molecule has 7 nitrogen and oxygen atoms in total. The normalized spacial score (nSPS) is 12.1. The molecule has 1 aliphatic rings. The van der Waals surface area contributed by atoms with E-state index in [1.54, 1.807) is 16.7 Å². The van der Waals surface area contributed by atoms with Gasteiger partial charge in [-0.15, -0.1) is 0 Å². The zero-order valence-corrected chi connectivity index (χ0v) is 15.7. The van der Waals surface area contributed by atoms with E-state index in [4.69, 9.17) is 14.2 Å². The topological polar surface area (TPSA) is 74.6 Å². The van der Waals surface area contributed by atoms with Gasteiger partial charge in [0.15, 0.2) is 11.5 Å². The van der Waals surface area contributed by atoms with Crippen molar-refractivity contribution in [2.24, 2.45) is 0 Å². The Morgan fingerprint density at radius 3 is 2.52 bits per heavy atom. The van der Waals surface area contributed by atoms with Crippen molar-refractivity contribution in [1.82, 2.24) is 9.55 Å². The zero-order valence-electron chi connectivity index (χ0n) is 15.7. The van der Waals surface area contributed by atoms with Crippen LogP contribution in [0, 0.1) is 18.6 Å². The van der Waals surface area contributed by atoms with Gasteiger partial charge in [0.1, 0.15) is 11.6 Å². The summed E-state index contributed by atoms with van der Waals surface area (Å²) in [5, 5.41) is 3.09. The number of rotatable bonds is 5. The maximum Gasteiger partial charge on any atom is 0.316 e. The van der Waals surface area contributed by atoms with Gasteiger partial charge in [-0.25, -0.2) is 8.78 Å². The van der Waals surface area contributed by atoms with E-state index in [1.807, 2.05) is 6.92 Å². The highest BCUT2D eigenvalue weighted by Gasteiger charge is 2.17. The monoisotopic (exact) mass is 401 g/mol. The number of ether oxygens (including phenoxy) is 3. The van der Waals surface area contributed by atoms with Crippen LogP contribution >= 0.6 is 0 Å². The third-order valence-corrected chi connectivity index (χ3v) is 4.42. The fourth-order valence-electron chi connectivity index (χ4n) is 3.03. The van der Waals surface area contributed by atoms with E-state index in [2.05, 4.69) is 10.3 Å². The number of halogens is 2. The molecule has 2 aromatic carbocycles. The van der Waals surface area contributed by atoms with Gasteiger partial charge in [0, 0.05) is 17.8 Å². The van der Waals surface area contributed by atoms with Crippen LogP contribution in [0.2, 0.25) is 0 Å². The molecule has 0 fully saturated rings. The van der Waals surface area contributed by atoms with Gasteiger partial charge in [0.25, 0.3) is 0 Å². The van der Waals surface area contributed by atoms with Gasteiger partial charge in [-0.1, -0.05) is 0 Å². The summed E-state index contributed by atoms with van der Waals surface area (Å²) in [6, 6.07) is 6.76. The second-order valence-electron chi connectivity index (χ2n) is 6.49. The SMILES string of the molecule is COc1cn(Cc2cc(F)cc(F)c2)c(Nc2cc3c(cc2C)OCO3)nc1=O. The van der Waals surface area contributed by atoms with E-state index in [0.29, 0.717) is 22.7 Å². The molecule has 150 valence electrons. The van der Waals surface area contributed by atoms with Crippen LogP contribution in [0.3, 0.4) is 0 Å². The molecule has 0 unspecified atom stereocenters. The molecule has 4 rings (SSSR count). The standard InChI is InChI=1S/C20H17F2N3O4/c1-11-3-16-17(29-10-28-16)7-15(11)23-20-24-19(26)18(27-2)9-25(20)8-12-4-13(21)6-14(22)5-12/h3-7,9H,8,10H2,1-2H3,(H,23,24,26). The molecule has 0 saturated carbocycles. The first-order chi connectivity index (χ1) is 13.9. The maximum absolute atomic E-state index is 13.6. The Balaban J connectivity index is 1.74. The molecule has 0 bridgehead atoms. The minimum absolute atomic E-state index is 0.00911. The fraction of sp³-hybridized carbons (Fsp3) is 0.200. The first kappa shape index (κ1) is 18.7. The number of aromatic nitrogens is 2. The number of nitrogens with one attached hydrogen (secondary N) is 1. The Hall–Kier alpha value is -3.62. The lowest BCUT2D eigenvalue weighted by atomic mass is 10.2. The molecular formula is C20H17F2N3O4. The van der Waals surface area contributed by atoms with Gasteiger partial charge < -0.3 is 24.1 Å². The Kier molecular flexibility index (Phi) is 4.79. The zero-order chi connectivity index (χ0) is 20.5. The summed E-state index contributed by atoms with van der Waals surface area (Å²) in [5.41, 5.74) is 1.27. The van der Waals surface area contributed by atoms with Crippen molar-refractivity contribution in [2.45, 2.75) is 13.5 Å². The molecule has 0 radical (unpaired) electrons. The highest BCUT2D eigenvalue weighted by Crippen LogP contribution is 2.37. The van der Waals surface area contributed by atoms with Crippen molar-refractivity contribution >= 4 is 11.6 Å². The van der Waals surface area contributed by atoms with Crippen LogP contribution in [0.1, 0.15) is 11.1 Å². The number of fused-ring (bicyclic) bond motifs is 1. The molecule has 29 heavy (non-hydrogen) atoms. The lowest BCUT2D eigenvalue weighted by Crippen LogP contribution is -2.19. The molecule has 0 atom stereocenters. The summed E-state index contributed by atoms with van der Waals surface area (Å²) in [6.07, 6.45) is 1.43. The van der Waals surface area contributed by atoms with E-state index in [0.717, 1.165) is 11.6 Å². The molecule has 1 aliphatic heterocycles. The smallest absolute Gasteiger partial charge is 0.316 e. The van der Waals surface area contributed by atoms with Gasteiger partial charge in [-0.05, 0) is 36.2 Å². The van der Waals surface area contributed by atoms with Crippen LogP contribution in [0.15, 0.2) is 41.3 Å². The third-order valence-electron chi connectivity index (χ3n) is 4.42. The van der Waals surface area contributed by atoms with Crippen LogP contribution in [0.5, 0.6) is 17.2 Å². The average molecular weight is 401 g/mol. The van der Waals surface area contributed by atoms with Crippen LogP contribution in [0.25, 0.3) is 0 Å². The second-order valence-corrected chi connectivity index (χ2v) is 6.49. The molecule has 2 heterocycles. The van der Waals surface area contributed by atoms with Crippen LogP contribution in [-0.4, -0.2) is 23.5 Å². The molecule has 1 aromatic heterocycles. The minimum Gasteiger partial charge on any atom is -0.490 e. The van der Waals surface area contributed by atoms with Crippen molar-refractivity contribution < 1.29 is 23.0 Å². The van der Waals surface area contributed by atoms with Gasteiger partial charge in [-0.2, -0.15) is 4.98 Å². The molecule has 3 aromatic rings. The molecule has 0 amide bonds. The van der Waals surface area contributed by atoms with E-state index < -0.39 is 17.2 Å². The quantitative estimate of drug-likeness (QED) is 0.707. The maximum atomic E-state index is 13.6. The van der Waals surface area contributed by atoms with Gasteiger partial charge >= 0.3 is 5.56 Å². The molecule has 9 heteroatoms. The van der Waals surface area contributed by atoms with Crippen LogP contribution in [-0.2, 0) is 6.54 Å². The van der Waals surface area contributed by atoms with Crippen molar-refractivity contribution in [3.8, 4) is 17.2 Å². The van der Waals surface area contributed by atoms with E-state index in [-0.39, 0.29) is 25.0 Å². The average Bonchev–Trinajstić information content (AvgIpc) is 3.10. The van der Waals surface area contributed by atoms with Gasteiger partial charge in [-0.3, -0.25) is 4.79 Å². The molecule has 0 spiro atoms. The minimum atomic E-state index is -0.693. The fourth-order valence-corrected chi connectivity index (χ4v) is 3.03. The first-order valence-corrected chi connectivity index (χ1v) is 8.70. The molecule has 0 aliphatic carbocycles. The van der Waals surface area contributed by atoms with Gasteiger partial charge in [0.2, 0.25) is 18.5 Å². The van der Waals surface area contributed by atoms with Gasteiger partial charge in [0.05, 0.1) is 19.9 Å². The summed E-state index contributed by atoms with van der Waals surface area (Å²) >= 11 is 0. The predicted octanol–water partition coefficient (Wildman–Crippen LogP) is 3.36. The second kappa shape index (κ2) is 7.42. The number of anilines is 2.